The molecular weight excluding hydrogens is 378 g/mol. The lowest BCUT2D eigenvalue weighted by atomic mass is 9.91. The van der Waals surface area contributed by atoms with Crippen molar-refractivity contribution in [2.75, 3.05) is 4.90 Å². The number of H-pyrrole nitrogens is 1. The summed E-state index contributed by atoms with van der Waals surface area (Å²) in [4.78, 5) is 29.8. The molecule has 1 amide bonds. The number of benzene rings is 3. The fourth-order valence-corrected chi connectivity index (χ4v) is 4.26. The molecule has 1 saturated heterocycles. The van der Waals surface area contributed by atoms with Crippen molar-refractivity contribution in [1.82, 2.24) is 9.55 Å². The second-order valence-corrected chi connectivity index (χ2v) is 7.95. The number of nitrogens with one attached hydrogen (secondary N) is 1. The molecule has 0 spiro atoms. The number of para-hydroxylation sites is 2. The Labute approximate surface area is 173 Å². The number of fused-ring (bicyclic) bond motifs is 1. The molecule has 1 aliphatic heterocycles. The summed E-state index contributed by atoms with van der Waals surface area (Å²) < 4.78 is 7.31. The zero-order chi connectivity index (χ0) is 20.9. The topological polar surface area (TPSA) is 67.3 Å². The van der Waals surface area contributed by atoms with Gasteiger partial charge in [-0.2, -0.15) is 0 Å². The highest BCUT2D eigenvalue weighted by Crippen LogP contribution is 2.43. The van der Waals surface area contributed by atoms with Gasteiger partial charge in [0.25, 0.3) is 0 Å². The summed E-state index contributed by atoms with van der Waals surface area (Å²) >= 11 is 0. The number of anilines is 1. The van der Waals surface area contributed by atoms with Gasteiger partial charge in [-0.05, 0) is 55.8 Å². The molecule has 3 aromatic carbocycles. The molecule has 0 aliphatic carbocycles. The normalized spacial score (nSPS) is 18.0. The van der Waals surface area contributed by atoms with E-state index in [0.717, 1.165) is 28.0 Å². The monoisotopic (exact) mass is 399 g/mol. The molecule has 30 heavy (non-hydrogen) atoms. The van der Waals surface area contributed by atoms with E-state index in [0.29, 0.717) is 0 Å². The van der Waals surface area contributed by atoms with Gasteiger partial charge in [-0.1, -0.05) is 42.5 Å². The number of amides is 1. The van der Waals surface area contributed by atoms with Crippen LogP contribution in [-0.4, -0.2) is 21.2 Å². The van der Waals surface area contributed by atoms with E-state index < -0.39 is 5.60 Å². The Hall–Kier alpha value is -3.80. The molecule has 0 saturated carbocycles. The number of carbonyl (C=O) groups excluding carboxylic acids is 1. The standard InChI is InChI=1S/C24H21N3O3/c1-24(2)21(16-8-4-3-5-9-16)27(23(29)30-24)18-14-12-17(13-15-18)26-20-11-7-6-10-19(20)25-22(26)28/h3-15,21H,1-2H3,(H,25,28)/t21-/m0/s1. The Kier molecular flexibility index (Phi) is 4.03. The van der Waals surface area contributed by atoms with E-state index in [1.165, 1.54) is 0 Å². The first kappa shape index (κ1) is 18.2. The summed E-state index contributed by atoms with van der Waals surface area (Å²) in [5, 5.41) is 0. The Bertz CT molecular complexity index is 1290. The fraction of sp³-hybridized carbons (Fsp3) is 0.167. The van der Waals surface area contributed by atoms with Crippen LogP contribution in [0.4, 0.5) is 10.5 Å². The molecular formula is C24H21N3O3. The van der Waals surface area contributed by atoms with Crippen LogP contribution in [0.15, 0.2) is 83.7 Å². The molecule has 0 radical (unpaired) electrons. The highest BCUT2D eigenvalue weighted by atomic mass is 16.6. The first-order valence-corrected chi connectivity index (χ1v) is 9.83. The fourth-order valence-electron chi connectivity index (χ4n) is 4.26. The maximum absolute atomic E-state index is 12.8. The molecule has 0 unspecified atom stereocenters. The van der Waals surface area contributed by atoms with Gasteiger partial charge in [0.15, 0.2) is 0 Å². The SMILES string of the molecule is CC1(C)OC(=O)N(c2ccc(-n3c(=O)[nH]c4ccccc43)cc2)[C@H]1c1ccccc1. The highest BCUT2D eigenvalue weighted by Gasteiger charge is 2.49. The van der Waals surface area contributed by atoms with Crippen molar-refractivity contribution in [1.29, 1.82) is 0 Å². The van der Waals surface area contributed by atoms with E-state index in [-0.39, 0.29) is 17.8 Å². The molecule has 1 aromatic heterocycles. The number of ether oxygens (including phenoxy) is 1. The highest BCUT2D eigenvalue weighted by molar-refractivity contribution is 5.92. The second kappa shape index (κ2) is 6.62. The first-order valence-electron chi connectivity index (χ1n) is 9.83. The predicted octanol–water partition coefficient (Wildman–Crippen LogP) is 4.80. The number of cyclic esters (lactones) is 1. The summed E-state index contributed by atoms with van der Waals surface area (Å²) in [6.07, 6.45) is -0.383. The van der Waals surface area contributed by atoms with Gasteiger partial charge in [0, 0.05) is 5.69 Å². The van der Waals surface area contributed by atoms with E-state index in [1.807, 2.05) is 92.7 Å². The second-order valence-electron chi connectivity index (χ2n) is 7.95. The van der Waals surface area contributed by atoms with Crippen molar-refractivity contribution in [3.05, 3.63) is 94.9 Å². The van der Waals surface area contributed by atoms with Crippen molar-refractivity contribution in [2.24, 2.45) is 0 Å². The largest absolute Gasteiger partial charge is 0.441 e. The van der Waals surface area contributed by atoms with Gasteiger partial charge in [0.05, 0.1) is 16.7 Å². The third-order valence-electron chi connectivity index (χ3n) is 5.55. The van der Waals surface area contributed by atoms with Crippen LogP contribution < -0.4 is 10.6 Å². The first-order chi connectivity index (χ1) is 14.5. The summed E-state index contributed by atoms with van der Waals surface area (Å²) in [7, 11) is 0. The molecule has 1 fully saturated rings. The van der Waals surface area contributed by atoms with E-state index in [4.69, 9.17) is 4.74 Å². The van der Waals surface area contributed by atoms with Gasteiger partial charge in [-0.3, -0.25) is 9.47 Å². The Morgan fingerprint density at radius 3 is 2.20 bits per heavy atom. The molecule has 5 rings (SSSR count). The number of rotatable bonds is 3. The van der Waals surface area contributed by atoms with Crippen LogP contribution in [0.3, 0.4) is 0 Å². The van der Waals surface area contributed by atoms with Gasteiger partial charge in [-0.15, -0.1) is 0 Å². The molecule has 6 nitrogen and oxygen atoms in total. The van der Waals surface area contributed by atoms with Gasteiger partial charge >= 0.3 is 11.8 Å². The lowest BCUT2D eigenvalue weighted by Gasteiger charge is -2.29. The van der Waals surface area contributed by atoms with Crippen molar-refractivity contribution >= 4 is 22.8 Å². The minimum absolute atomic E-state index is 0.201. The molecule has 1 N–H and O–H groups in total. The quantitative estimate of drug-likeness (QED) is 0.538. The summed E-state index contributed by atoms with van der Waals surface area (Å²) in [6, 6.07) is 24.5. The molecule has 4 aromatic rings. The van der Waals surface area contributed by atoms with Gasteiger partial charge in [0.1, 0.15) is 11.6 Å². The summed E-state index contributed by atoms with van der Waals surface area (Å²) in [6.45, 7) is 3.84. The number of carbonyl (C=O) groups is 1. The Morgan fingerprint density at radius 2 is 1.47 bits per heavy atom. The Morgan fingerprint density at radius 1 is 0.833 bits per heavy atom. The minimum Gasteiger partial charge on any atom is -0.441 e. The van der Waals surface area contributed by atoms with E-state index in [1.54, 1.807) is 9.47 Å². The van der Waals surface area contributed by atoms with Gasteiger partial charge < -0.3 is 9.72 Å². The predicted molar refractivity (Wildman–Crippen MR) is 116 cm³/mol. The van der Waals surface area contributed by atoms with Crippen molar-refractivity contribution in [2.45, 2.75) is 25.5 Å². The van der Waals surface area contributed by atoms with Gasteiger partial charge in [-0.25, -0.2) is 9.59 Å². The number of hydrogen-bond donors (Lipinski definition) is 1. The number of aromatic amines is 1. The maximum atomic E-state index is 12.8. The minimum atomic E-state index is -0.676. The van der Waals surface area contributed by atoms with E-state index in [2.05, 4.69) is 4.98 Å². The van der Waals surface area contributed by atoms with Crippen LogP contribution >= 0.6 is 0 Å². The molecule has 1 atom stereocenters. The van der Waals surface area contributed by atoms with Crippen molar-refractivity contribution < 1.29 is 9.53 Å². The third kappa shape index (κ3) is 2.80. The smallest absolute Gasteiger partial charge is 0.415 e. The van der Waals surface area contributed by atoms with Crippen LogP contribution in [0.1, 0.15) is 25.5 Å². The molecule has 0 bridgehead atoms. The van der Waals surface area contributed by atoms with Crippen LogP contribution in [0.25, 0.3) is 16.7 Å². The van der Waals surface area contributed by atoms with E-state index >= 15 is 0 Å². The average molecular weight is 399 g/mol. The van der Waals surface area contributed by atoms with Crippen molar-refractivity contribution in [3.8, 4) is 5.69 Å². The number of hydrogen-bond acceptors (Lipinski definition) is 3. The van der Waals surface area contributed by atoms with Crippen LogP contribution in [0.2, 0.25) is 0 Å². The van der Waals surface area contributed by atoms with Gasteiger partial charge in [0.2, 0.25) is 0 Å². The van der Waals surface area contributed by atoms with Crippen LogP contribution in [0.5, 0.6) is 0 Å². The van der Waals surface area contributed by atoms with Crippen molar-refractivity contribution in [3.63, 3.8) is 0 Å². The number of aromatic nitrogens is 2. The maximum Gasteiger partial charge on any atom is 0.415 e. The van der Waals surface area contributed by atoms with Crippen LogP contribution in [0, 0.1) is 0 Å². The summed E-state index contributed by atoms with van der Waals surface area (Å²) in [5.74, 6) is 0. The Balaban J connectivity index is 1.57. The number of nitrogens with zero attached hydrogens (tertiary/aromatic N) is 2. The van der Waals surface area contributed by atoms with E-state index in [9.17, 15) is 9.59 Å². The third-order valence-corrected chi connectivity index (χ3v) is 5.55. The molecule has 1 aliphatic rings. The lowest BCUT2D eigenvalue weighted by molar-refractivity contribution is 0.0685. The summed E-state index contributed by atoms with van der Waals surface area (Å²) in [5.41, 5.74) is 3.16. The average Bonchev–Trinajstić information content (AvgIpc) is 3.20. The van der Waals surface area contributed by atoms with Crippen LogP contribution in [-0.2, 0) is 4.74 Å². The molecule has 2 heterocycles. The zero-order valence-corrected chi connectivity index (χ0v) is 16.7. The number of imidazole rings is 1. The molecule has 6 heteroatoms. The lowest BCUT2D eigenvalue weighted by Crippen LogP contribution is -2.33. The molecule has 150 valence electrons. The zero-order valence-electron chi connectivity index (χ0n) is 16.7.